The smallest absolute Gasteiger partial charge is 0.263 e. The zero-order chi connectivity index (χ0) is 26.9. The van der Waals surface area contributed by atoms with Gasteiger partial charge in [-0.15, -0.1) is 0 Å². The standard InChI is InChI=1S/C25H24Cl2N6O4S/c26-17-4-5-21(20(27)13-17)38(35,36)31-18-3-1-2-16(12-18)23(34)19-14-33(7-6-32-8-10-37-11-9-32)25-22(19)24(28)29-15-30-25/h1-5,12-15,31H,6-11H2,(H2,28,29,30). The summed E-state index contributed by atoms with van der Waals surface area (Å²) in [5.41, 5.74) is 7.53. The van der Waals surface area contributed by atoms with Crippen molar-refractivity contribution in [1.82, 2.24) is 19.4 Å². The molecule has 198 valence electrons. The molecule has 1 aliphatic rings. The fourth-order valence-corrected chi connectivity index (χ4v) is 6.17. The van der Waals surface area contributed by atoms with Crippen LogP contribution in [-0.4, -0.2) is 66.5 Å². The summed E-state index contributed by atoms with van der Waals surface area (Å²) in [5.74, 6) is -0.148. The zero-order valence-electron chi connectivity index (χ0n) is 20.1. The number of rotatable bonds is 8. The van der Waals surface area contributed by atoms with E-state index in [9.17, 15) is 13.2 Å². The van der Waals surface area contributed by atoms with Crippen molar-refractivity contribution in [2.24, 2.45) is 0 Å². The minimum atomic E-state index is -4.03. The van der Waals surface area contributed by atoms with Crippen LogP contribution < -0.4 is 10.5 Å². The molecule has 10 nitrogen and oxygen atoms in total. The van der Waals surface area contributed by atoms with Crippen molar-refractivity contribution in [3.8, 4) is 0 Å². The lowest BCUT2D eigenvalue weighted by Crippen LogP contribution is -2.38. The molecule has 2 aromatic heterocycles. The van der Waals surface area contributed by atoms with Gasteiger partial charge in [-0.1, -0.05) is 35.3 Å². The van der Waals surface area contributed by atoms with Crippen LogP contribution in [0.15, 0.2) is 59.9 Å². The summed E-state index contributed by atoms with van der Waals surface area (Å²) in [4.78, 5) is 24.3. The number of nitrogens with one attached hydrogen (secondary N) is 1. The number of hydrogen-bond acceptors (Lipinski definition) is 8. The molecule has 1 fully saturated rings. The Morgan fingerprint density at radius 2 is 1.87 bits per heavy atom. The SMILES string of the molecule is Nc1ncnc2c1c(C(=O)c1cccc(NS(=O)(=O)c3ccc(Cl)cc3Cl)c1)cn2CCN1CCOCC1. The lowest BCUT2D eigenvalue weighted by Gasteiger charge is -2.26. The number of nitrogens with zero attached hydrogens (tertiary/aromatic N) is 4. The molecule has 38 heavy (non-hydrogen) atoms. The summed E-state index contributed by atoms with van der Waals surface area (Å²) >= 11 is 12.0. The van der Waals surface area contributed by atoms with E-state index in [2.05, 4.69) is 19.6 Å². The van der Waals surface area contributed by atoms with E-state index in [1.165, 1.54) is 30.6 Å². The van der Waals surface area contributed by atoms with Gasteiger partial charge in [0.25, 0.3) is 10.0 Å². The van der Waals surface area contributed by atoms with E-state index in [0.717, 1.165) is 19.6 Å². The summed E-state index contributed by atoms with van der Waals surface area (Å²) in [6, 6.07) is 10.3. The highest BCUT2D eigenvalue weighted by Crippen LogP contribution is 2.29. The van der Waals surface area contributed by atoms with E-state index in [-0.39, 0.29) is 32.8 Å². The van der Waals surface area contributed by atoms with Crippen LogP contribution >= 0.6 is 23.2 Å². The Bertz CT molecular complexity index is 1620. The second-order valence-electron chi connectivity index (χ2n) is 8.74. The van der Waals surface area contributed by atoms with Crippen molar-refractivity contribution in [2.75, 3.05) is 43.3 Å². The number of hydrogen-bond donors (Lipinski definition) is 2. The Hall–Kier alpha value is -3.22. The molecule has 0 saturated carbocycles. The van der Waals surface area contributed by atoms with Crippen molar-refractivity contribution in [3.05, 3.63) is 76.2 Å². The van der Waals surface area contributed by atoms with Gasteiger partial charge in [0.2, 0.25) is 0 Å². The lowest BCUT2D eigenvalue weighted by molar-refractivity contribution is 0.0365. The maximum atomic E-state index is 13.6. The first-order valence-electron chi connectivity index (χ1n) is 11.7. The highest BCUT2D eigenvalue weighted by molar-refractivity contribution is 7.92. The van der Waals surface area contributed by atoms with E-state index < -0.39 is 10.0 Å². The van der Waals surface area contributed by atoms with Gasteiger partial charge in [0.05, 0.1) is 29.2 Å². The molecule has 0 unspecified atom stereocenters. The quantitative estimate of drug-likeness (QED) is 0.304. The molecule has 4 aromatic rings. The number of ketones is 1. The number of nitrogen functional groups attached to an aromatic ring is 1. The molecule has 2 aromatic carbocycles. The predicted octanol–water partition coefficient (Wildman–Crippen LogP) is 3.68. The van der Waals surface area contributed by atoms with Crippen LogP contribution in [0.1, 0.15) is 15.9 Å². The van der Waals surface area contributed by atoms with E-state index in [1.807, 2.05) is 4.57 Å². The first-order chi connectivity index (χ1) is 18.2. The number of halogens is 2. The van der Waals surface area contributed by atoms with Crippen LogP contribution in [0.3, 0.4) is 0 Å². The molecule has 5 rings (SSSR count). The average molecular weight is 575 g/mol. The Balaban J connectivity index is 1.44. The molecule has 0 atom stereocenters. The highest BCUT2D eigenvalue weighted by Gasteiger charge is 2.23. The third kappa shape index (κ3) is 5.47. The van der Waals surface area contributed by atoms with Gasteiger partial charge in [0.15, 0.2) is 5.78 Å². The van der Waals surface area contributed by atoms with Crippen LogP contribution in [0, 0.1) is 0 Å². The monoisotopic (exact) mass is 574 g/mol. The number of carbonyl (C=O) groups excluding carboxylic acids is 1. The van der Waals surface area contributed by atoms with Gasteiger partial charge in [-0.25, -0.2) is 18.4 Å². The third-order valence-corrected chi connectivity index (χ3v) is 8.35. The van der Waals surface area contributed by atoms with Crippen molar-refractivity contribution in [2.45, 2.75) is 11.4 Å². The van der Waals surface area contributed by atoms with Gasteiger partial charge in [0, 0.05) is 48.6 Å². The topological polar surface area (TPSA) is 132 Å². The number of morpholine rings is 1. The molecule has 1 aliphatic heterocycles. The van der Waals surface area contributed by atoms with Gasteiger partial charge >= 0.3 is 0 Å². The lowest BCUT2D eigenvalue weighted by atomic mass is 10.0. The molecule has 3 heterocycles. The number of benzene rings is 2. The first kappa shape index (κ1) is 26.4. The summed E-state index contributed by atoms with van der Waals surface area (Å²) in [6.07, 6.45) is 3.09. The molecule has 0 radical (unpaired) electrons. The number of fused-ring (bicyclic) bond motifs is 1. The van der Waals surface area contributed by atoms with Crippen LogP contribution in [0.2, 0.25) is 10.0 Å². The normalized spacial score (nSPS) is 14.6. The number of nitrogens with two attached hydrogens (primary N) is 1. The van der Waals surface area contributed by atoms with Gasteiger partial charge < -0.3 is 15.0 Å². The number of anilines is 2. The predicted molar refractivity (Wildman–Crippen MR) is 146 cm³/mol. The summed E-state index contributed by atoms with van der Waals surface area (Å²) < 4.78 is 35.7. The fourth-order valence-electron chi connectivity index (χ4n) is 4.35. The van der Waals surface area contributed by atoms with Crippen LogP contribution in [-0.2, 0) is 21.3 Å². The van der Waals surface area contributed by atoms with Gasteiger partial charge in [0.1, 0.15) is 22.7 Å². The van der Waals surface area contributed by atoms with Gasteiger partial charge in [-0.2, -0.15) is 0 Å². The number of ether oxygens (including phenoxy) is 1. The fraction of sp³-hybridized carbons (Fsp3) is 0.240. The van der Waals surface area contributed by atoms with E-state index in [4.69, 9.17) is 33.7 Å². The summed E-state index contributed by atoms with van der Waals surface area (Å²) in [6.45, 7) is 4.42. The van der Waals surface area contributed by atoms with Crippen molar-refractivity contribution in [1.29, 1.82) is 0 Å². The second-order valence-corrected chi connectivity index (χ2v) is 11.2. The minimum absolute atomic E-state index is 0.0161. The number of aromatic nitrogens is 3. The molecule has 0 bridgehead atoms. The van der Waals surface area contributed by atoms with Gasteiger partial charge in [-0.3, -0.25) is 14.4 Å². The van der Waals surface area contributed by atoms with E-state index >= 15 is 0 Å². The van der Waals surface area contributed by atoms with Crippen molar-refractivity contribution >= 4 is 61.5 Å². The first-order valence-corrected chi connectivity index (χ1v) is 14.0. The Labute approximate surface area is 229 Å². The molecule has 1 saturated heterocycles. The molecule has 0 spiro atoms. The molecular weight excluding hydrogens is 551 g/mol. The molecular formula is C25H24Cl2N6O4S. The van der Waals surface area contributed by atoms with Crippen LogP contribution in [0.4, 0.5) is 11.5 Å². The Morgan fingerprint density at radius 3 is 2.63 bits per heavy atom. The largest absolute Gasteiger partial charge is 0.383 e. The molecule has 0 amide bonds. The minimum Gasteiger partial charge on any atom is -0.383 e. The summed E-state index contributed by atoms with van der Waals surface area (Å²) in [5, 5.41) is 0.755. The van der Waals surface area contributed by atoms with Crippen LogP contribution in [0.5, 0.6) is 0 Å². The van der Waals surface area contributed by atoms with E-state index in [0.29, 0.717) is 41.4 Å². The van der Waals surface area contributed by atoms with Crippen molar-refractivity contribution in [3.63, 3.8) is 0 Å². The zero-order valence-corrected chi connectivity index (χ0v) is 22.4. The molecule has 13 heteroatoms. The number of carbonyl (C=O) groups is 1. The van der Waals surface area contributed by atoms with Gasteiger partial charge in [-0.05, 0) is 30.3 Å². The second kappa shape index (κ2) is 10.9. The Kier molecular flexibility index (Phi) is 7.55. The third-order valence-electron chi connectivity index (χ3n) is 6.25. The maximum absolute atomic E-state index is 13.6. The number of sulfonamides is 1. The Morgan fingerprint density at radius 1 is 1.08 bits per heavy atom. The van der Waals surface area contributed by atoms with Crippen LogP contribution in [0.25, 0.3) is 11.0 Å². The molecule has 0 aliphatic carbocycles. The van der Waals surface area contributed by atoms with Crippen molar-refractivity contribution < 1.29 is 17.9 Å². The average Bonchev–Trinajstić information content (AvgIpc) is 3.27. The van der Waals surface area contributed by atoms with E-state index in [1.54, 1.807) is 24.4 Å². The molecule has 3 N–H and O–H groups in total. The maximum Gasteiger partial charge on any atom is 0.263 e. The summed E-state index contributed by atoms with van der Waals surface area (Å²) in [7, 11) is -4.03. The highest BCUT2D eigenvalue weighted by atomic mass is 35.5.